The van der Waals surface area contributed by atoms with Crippen LogP contribution in [0.25, 0.3) is 0 Å². The Morgan fingerprint density at radius 1 is 1.36 bits per heavy atom. The van der Waals surface area contributed by atoms with Crippen molar-refractivity contribution in [3.8, 4) is 0 Å². The van der Waals surface area contributed by atoms with Crippen LogP contribution >= 0.6 is 11.8 Å². The fourth-order valence-corrected chi connectivity index (χ4v) is 3.44. The van der Waals surface area contributed by atoms with Gasteiger partial charge in [0.2, 0.25) is 0 Å². The summed E-state index contributed by atoms with van der Waals surface area (Å²) in [6.07, 6.45) is 1.15. The Labute approximate surface area is 166 Å². The van der Waals surface area contributed by atoms with Crippen LogP contribution in [-0.4, -0.2) is 64.0 Å². The number of amides is 1. The number of halogens is 2. The topological polar surface area (TPSA) is 87.1 Å². The molecular formula is C19H23F2NO5S. The van der Waals surface area contributed by atoms with Crippen LogP contribution in [0.15, 0.2) is 42.5 Å². The highest BCUT2D eigenvalue weighted by atomic mass is 32.2. The third-order valence-corrected chi connectivity index (χ3v) is 5.25. The third-order valence-electron chi connectivity index (χ3n) is 4.22. The van der Waals surface area contributed by atoms with E-state index in [0.717, 1.165) is 6.08 Å². The second-order valence-corrected chi connectivity index (χ2v) is 7.41. The molecule has 0 bridgehead atoms. The maximum Gasteiger partial charge on any atom is 0.410 e. The zero-order valence-corrected chi connectivity index (χ0v) is 16.0. The Bertz CT molecular complexity index is 686. The van der Waals surface area contributed by atoms with Crippen LogP contribution in [0, 0.1) is 0 Å². The summed E-state index contributed by atoms with van der Waals surface area (Å²) in [6.45, 7) is 0.402. The van der Waals surface area contributed by atoms with Gasteiger partial charge in [-0.2, -0.15) is 20.5 Å². The highest BCUT2D eigenvalue weighted by Gasteiger charge is 2.39. The number of carboxylic acids is 1. The fraction of sp³-hybridized carbons (Fsp3) is 0.474. The number of hydrogen-bond acceptors (Lipinski definition) is 5. The number of carbonyl (C=O) groups is 2. The van der Waals surface area contributed by atoms with Crippen LogP contribution in [0.3, 0.4) is 0 Å². The van der Waals surface area contributed by atoms with Gasteiger partial charge in [0, 0.05) is 12.1 Å². The molecule has 0 aliphatic carbocycles. The van der Waals surface area contributed by atoms with E-state index < -0.39 is 30.1 Å². The second kappa shape index (κ2) is 10.4. The number of carbonyl (C=O) groups excluding carboxylic acids is 1. The summed E-state index contributed by atoms with van der Waals surface area (Å²) in [5.41, 5.74) is -0.290. The van der Waals surface area contributed by atoms with Gasteiger partial charge >= 0.3 is 18.0 Å². The molecule has 1 amide bonds. The highest BCUT2D eigenvalue weighted by Crippen LogP contribution is 2.32. The van der Waals surface area contributed by atoms with Gasteiger partial charge in [-0.15, -0.1) is 0 Å². The summed E-state index contributed by atoms with van der Waals surface area (Å²) in [5.74, 6) is -3.64. The van der Waals surface area contributed by atoms with Crippen molar-refractivity contribution >= 4 is 23.8 Å². The highest BCUT2D eigenvalue weighted by molar-refractivity contribution is 7.99. The lowest BCUT2D eigenvalue weighted by molar-refractivity contribution is -0.133. The normalized spacial score (nSPS) is 18.5. The SMILES string of the molecule is O=C(O)CSCCCCN1C(=O)OCC1C=CC(O)C(F)(F)c1ccccc1. The average Bonchev–Trinajstić information content (AvgIpc) is 3.02. The lowest BCUT2D eigenvalue weighted by Crippen LogP contribution is -2.34. The Morgan fingerprint density at radius 3 is 2.75 bits per heavy atom. The number of rotatable bonds is 11. The van der Waals surface area contributed by atoms with Gasteiger partial charge in [0.1, 0.15) is 12.7 Å². The smallest absolute Gasteiger partial charge is 0.410 e. The molecule has 0 spiro atoms. The van der Waals surface area contributed by atoms with Crippen LogP contribution in [0.2, 0.25) is 0 Å². The molecule has 1 saturated heterocycles. The molecule has 2 unspecified atom stereocenters. The number of aliphatic hydroxyl groups is 1. The van der Waals surface area contributed by atoms with Gasteiger partial charge in [-0.05, 0) is 18.6 Å². The summed E-state index contributed by atoms with van der Waals surface area (Å²) < 4.78 is 33.6. The van der Waals surface area contributed by atoms with Crippen LogP contribution < -0.4 is 0 Å². The molecule has 1 aliphatic heterocycles. The van der Waals surface area contributed by atoms with Gasteiger partial charge in [-0.25, -0.2) is 4.79 Å². The summed E-state index contributed by atoms with van der Waals surface area (Å²) in [4.78, 5) is 23.7. The number of hydrogen-bond donors (Lipinski definition) is 2. The van der Waals surface area contributed by atoms with Gasteiger partial charge in [0.25, 0.3) is 0 Å². The number of thioether (sulfide) groups is 1. The Kier molecular flexibility index (Phi) is 8.25. The third kappa shape index (κ3) is 6.20. The van der Waals surface area contributed by atoms with Crippen molar-refractivity contribution in [2.45, 2.75) is 30.9 Å². The number of ether oxygens (including phenoxy) is 1. The van der Waals surface area contributed by atoms with Crippen LogP contribution in [0.5, 0.6) is 0 Å². The van der Waals surface area contributed by atoms with E-state index in [4.69, 9.17) is 9.84 Å². The van der Waals surface area contributed by atoms with Gasteiger partial charge in [0.05, 0.1) is 11.8 Å². The monoisotopic (exact) mass is 415 g/mol. The van der Waals surface area contributed by atoms with Gasteiger partial charge in [-0.3, -0.25) is 9.69 Å². The number of benzene rings is 1. The fourth-order valence-electron chi connectivity index (χ4n) is 2.71. The first-order valence-electron chi connectivity index (χ1n) is 8.85. The molecule has 1 fully saturated rings. The molecule has 0 radical (unpaired) electrons. The van der Waals surface area contributed by atoms with Crippen molar-refractivity contribution in [1.82, 2.24) is 4.90 Å². The molecule has 0 saturated carbocycles. The summed E-state index contributed by atoms with van der Waals surface area (Å²) in [5, 5.41) is 18.5. The summed E-state index contributed by atoms with van der Waals surface area (Å²) in [6, 6.07) is 6.52. The molecule has 6 nitrogen and oxygen atoms in total. The molecule has 1 aliphatic rings. The molecule has 2 atom stereocenters. The van der Waals surface area contributed by atoms with E-state index in [1.165, 1.54) is 47.0 Å². The van der Waals surface area contributed by atoms with E-state index in [0.29, 0.717) is 25.1 Å². The van der Waals surface area contributed by atoms with E-state index in [1.54, 1.807) is 6.07 Å². The van der Waals surface area contributed by atoms with Gasteiger partial charge in [-0.1, -0.05) is 42.5 Å². The van der Waals surface area contributed by atoms with Crippen LogP contribution in [-0.2, 0) is 15.5 Å². The van der Waals surface area contributed by atoms with Crippen LogP contribution in [0.1, 0.15) is 18.4 Å². The molecule has 0 aromatic heterocycles. The van der Waals surface area contributed by atoms with E-state index in [2.05, 4.69) is 0 Å². The van der Waals surface area contributed by atoms with E-state index in [9.17, 15) is 23.5 Å². The summed E-state index contributed by atoms with van der Waals surface area (Å²) in [7, 11) is 0. The number of aliphatic carboxylic acids is 1. The molecule has 1 aromatic rings. The predicted octanol–water partition coefficient (Wildman–Crippen LogP) is 3.11. The summed E-state index contributed by atoms with van der Waals surface area (Å²) >= 11 is 1.30. The first-order chi connectivity index (χ1) is 13.3. The van der Waals surface area contributed by atoms with Crippen molar-refractivity contribution in [1.29, 1.82) is 0 Å². The predicted molar refractivity (Wildman–Crippen MR) is 102 cm³/mol. The molecule has 154 valence electrons. The number of alkyl halides is 2. The standard InChI is InChI=1S/C19H23F2NO5S/c20-19(21,14-6-2-1-3-7-14)16(23)9-8-15-12-27-18(26)22(15)10-4-5-11-28-13-17(24)25/h1-3,6-9,15-16,23H,4-5,10-13H2,(H,24,25). The minimum Gasteiger partial charge on any atom is -0.481 e. The molecular weight excluding hydrogens is 392 g/mol. The quantitative estimate of drug-likeness (QED) is 0.427. The zero-order valence-electron chi connectivity index (χ0n) is 15.2. The minimum atomic E-state index is -3.45. The first kappa shape index (κ1) is 22.2. The zero-order chi connectivity index (χ0) is 20.6. The lowest BCUT2D eigenvalue weighted by atomic mass is 10.0. The van der Waals surface area contributed by atoms with E-state index in [1.807, 2.05) is 0 Å². The van der Waals surface area contributed by atoms with Crippen molar-refractivity contribution < 1.29 is 33.3 Å². The Balaban J connectivity index is 1.87. The van der Waals surface area contributed by atoms with Crippen molar-refractivity contribution in [3.05, 3.63) is 48.0 Å². The van der Waals surface area contributed by atoms with E-state index in [-0.39, 0.29) is 17.9 Å². The molecule has 2 N–H and O–H groups in total. The largest absolute Gasteiger partial charge is 0.481 e. The van der Waals surface area contributed by atoms with Crippen molar-refractivity contribution in [3.63, 3.8) is 0 Å². The Morgan fingerprint density at radius 2 is 2.07 bits per heavy atom. The van der Waals surface area contributed by atoms with Crippen molar-refractivity contribution in [2.24, 2.45) is 0 Å². The van der Waals surface area contributed by atoms with Gasteiger partial charge in [0.15, 0.2) is 0 Å². The molecule has 2 rings (SSSR count). The molecule has 28 heavy (non-hydrogen) atoms. The number of nitrogens with zero attached hydrogens (tertiary/aromatic N) is 1. The number of cyclic esters (lactones) is 1. The van der Waals surface area contributed by atoms with Crippen molar-refractivity contribution in [2.75, 3.05) is 24.7 Å². The molecule has 9 heteroatoms. The minimum absolute atomic E-state index is 0.0324. The number of unbranched alkanes of at least 4 members (excludes halogenated alkanes) is 1. The van der Waals surface area contributed by atoms with Gasteiger partial charge < -0.3 is 14.9 Å². The average molecular weight is 415 g/mol. The maximum absolute atomic E-state index is 14.3. The van der Waals surface area contributed by atoms with E-state index >= 15 is 0 Å². The maximum atomic E-state index is 14.3. The molecule has 1 heterocycles. The molecule has 1 aromatic carbocycles. The lowest BCUT2D eigenvalue weighted by Gasteiger charge is -2.22. The second-order valence-electron chi connectivity index (χ2n) is 6.31. The Hall–Kier alpha value is -2.13. The van der Waals surface area contributed by atoms with Crippen LogP contribution in [0.4, 0.5) is 13.6 Å². The number of aliphatic hydroxyl groups excluding tert-OH is 1. The first-order valence-corrected chi connectivity index (χ1v) is 10.0. The number of carboxylic acid groups (broad SMARTS) is 1.